The second-order valence-corrected chi connectivity index (χ2v) is 7.24. The summed E-state index contributed by atoms with van der Waals surface area (Å²) in [6.45, 7) is 3.31. The third-order valence-electron chi connectivity index (χ3n) is 4.35. The Morgan fingerprint density at radius 2 is 1.79 bits per heavy atom. The number of thioether (sulfide) groups is 1. The van der Waals surface area contributed by atoms with Gasteiger partial charge >= 0.3 is 0 Å². The van der Waals surface area contributed by atoms with Crippen molar-refractivity contribution in [3.63, 3.8) is 0 Å². The van der Waals surface area contributed by atoms with Crippen LogP contribution in [0.4, 0.5) is 0 Å². The fraction of sp³-hybridized carbons (Fsp3) is 0.263. The van der Waals surface area contributed by atoms with Gasteiger partial charge in [0, 0.05) is 36.7 Å². The summed E-state index contributed by atoms with van der Waals surface area (Å²) >= 11 is 2.03. The van der Waals surface area contributed by atoms with Gasteiger partial charge in [-0.2, -0.15) is 11.8 Å². The lowest BCUT2D eigenvalue weighted by Gasteiger charge is -2.26. The molecular formula is C19H19N3OS. The molecule has 0 unspecified atom stereocenters. The van der Waals surface area contributed by atoms with Crippen molar-refractivity contribution in [3.05, 3.63) is 64.4 Å². The zero-order valence-electron chi connectivity index (χ0n) is 13.4. The molecule has 5 heteroatoms. The number of benzene rings is 2. The molecule has 24 heavy (non-hydrogen) atoms. The molecule has 0 atom stereocenters. The minimum Gasteiger partial charge on any atom is -0.306 e. The standard InChI is InChI=1S/C19H19N3OS/c23-19-16-3-1-2-4-17(16)20-18(21-19)15-7-5-14(6-8-15)13-22-9-11-24-12-10-22/h1-8H,9-13H2,(H,20,21,23). The van der Waals surface area contributed by atoms with Gasteiger partial charge in [0.25, 0.3) is 5.56 Å². The smallest absolute Gasteiger partial charge is 0.259 e. The molecule has 1 aliphatic rings. The number of rotatable bonds is 3. The van der Waals surface area contributed by atoms with Crippen molar-refractivity contribution >= 4 is 22.7 Å². The summed E-state index contributed by atoms with van der Waals surface area (Å²) in [4.78, 5) is 22.2. The molecule has 1 saturated heterocycles. The molecule has 0 amide bonds. The van der Waals surface area contributed by atoms with Crippen molar-refractivity contribution < 1.29 is 0 Å². The quantitative estimate of drug-likeness (QED) is 0.798. The van der Waals surface area contributed by atoms with E-state index in [1.165, 1.54) is 17.1 Å². The number of hydrogen-bond donors (Lipinski definition) is 1. The molecule has 1 N–H and O–H groups in total. The van der Waals surface area contributed by atoms with Gasteiger partial charge in [0.2, 0.25) is 0 Å². The van der Waals surface area contributed by atoms with E-state index in [2.05, 4.69) is 27.0 Å². The number of H-pyrrole nitrogens is 1. The number of hydrogen-bond acceptors (Lipinski definition) is 4. The Labute approximate surface area is 144 Å². The van der Waals surface area contributed by atoms with Crippen LogP contribution < -0.4 is 5.56 Å². The van der Waals surface area contributed by atoms with E-state index in [0.717, 1.165) is 30.7 Å². The zero-order chi connectivity index (χ0) is 16.4. The zero-order valence-corrected chi connectivity index (χ0v) is 14.2. The molecular weight excluding hydrogens is 318 g/mol. The maximum atomic E-state index is 12.2. The third-order valence-corrected chi connectivity index (χ3v) is 5.29. The topological polar surface area (TPSA) is 49.0 Å². The molecule has 0 bridgehead atoms. The Morgan fingerprint density at radius 1 is 1.04 bits per heavy atom. The Hall–Kier alpha value is -2.11. The fourth-order valence-electron chi connectivity index (χ4n) is 3.01. The van der Waals surface area contributed by atoms with Gasteiger partial charge in [-0.05, 0) is 17.7 Å². The first-order valence-electron chi connectivity index (χ1n) is 8.18. The predicted molar refractivity (Wildman–Crippen MR) is 100 cm³/mol. The Balaban J connectivity index is 1.59. The van der Waals surface area contributed by atoms with Crippen LogP contribution in [0, 0.1) is 0 Å². The SMILES string of the molecule is O=c1[nH]c(-c2ccc(CN3CCSCC3)cc2)nc2ccccc12. The van der Waals surface area contributed by atoms with Crippen LogP contribution in [0.3, 0.4) is 0 Å². The van der Waals surface area contributed by atoms with Gasteiger partial charge in [0.05, 0.1) is 10.9 Å². The molecule has 122 valence electrons. The van der Waals surface area contributed by atoms with E-state index < -0.39 is 0 Å². The van der Waals surface area contributed by atoms with E-state index in [9.17, 15) is 4.79 Å². The number of nitrogens with zero attached hydrogens (tertiary/aromatic N) is 2. The second kappa shape index (κ2) is 6.79. The lowest BCUT2D eigenvalue weighted by molar-refractivity contribution is 0.294. The molecule has 2 heterocycles. The molecule has 2 aromatic carbocycles. The summed E-state index contributed by atoms with van der Waals surface area (Å²) in [6, 6.07) is 15.8. The Kier molecular flexibility index (Phi) is 4.36. The number of para-hydroxylation sites is 1. The molecule has 0 aliphatic carbocycles. The van der Waals surface area contributed by atoms with Gasteiger partial charge in [0.15, 0.2) is 0 Å². The fourth-order valence-corrected chi connectivity index (χ4v) is 3.99. The average molecular weight is 337 g/mol. The molecule has 1 aromatic heterocycles. The van der Waals surface area contributed by atoms with Crippen LogP contribution in [-0.2, 0) is 6.54 Å². The van der Waals surface area contributed by atoms with Crippen LogP contribution in [0.25, 0.3) is 22.3 Å². The van der Waals surface area contributed by atoms with Crippen molar-refractivity contribution in [1.82, 2.24) is 14.9 Å². The van der Waals surface area contributed by atoms with Gasteiger partial charge < -0.3 is 4.98 Å². The van der Waals surface area contributed by atoms with Crippen LogP contribution in [0.2, 0.25) is 0 Å². The molecule has 3 aromatic rings. The Morgan fingerprint density at radius 3 is 2.58 bits per heavy atom. The number of aromatic nitrogens is 2. The summed E-state index contributed by atoms with van der Waals surface area (Å²) in [7, 11) is 0. The highest BCUT2D eigenvalue weighted by Gasteiger charge is 2.11. The third kappa shape index (κ3) is 3.23. The highest BCUT2D eigenvalue weighted by Crippen LogP contribution is 2.19. The summed E-state index contributed by atoms with van der Waals surface area (Å²) < 4.78 is 0. The second-order valence-electron chi connectivity index (χ2n) is 6.02. The molecule has 1 fully saturated rings. The van der Waals surface area contributed by atoms with Gasteiger partial charge in [-0.1, -0.05) is 36.4 Å². The van der Waals surface area contributed by atoms with Crippen molar-refractivity contribution in [2.24, 2.45) is 0 Å². The Bertz CT molecular complexity index is 898. The molecule has 0 radical (unpaired) electrons. The normalized spacial score (nSPS) is 15.7. The minimum absolute atomic E-state index is 0.0921. The average Bonchev–Trinajstić information content (AvgIpc) is 2.63. The number of nitrogens with one attached hydrogen (secondary N) is 1. The van der Waals surface area contributed by atoms with Crippen LogP contribution in [0.5, 0.6) is 0 Å². The van der Waals surface area contributed by atoms with E-state index in [0.29, 0.717) is 11.2 Å². The first-order valence-corrected chi connectivity index (χ1v) is 9.33. The van der Waals surface area contributed by atoms with Crippen LogP contribution in [0.15, 0.2) is 53.3 Å². The number of aromatic amines is 1. The van der Waals surface area contributed by atoms with Crippen LogP contribution in [-0.4, -0.2) is 39.5 Å². The summed E-state index contributed by atoms with van der Waals surface area (Å²) in [5.41, 5.74) is 2.88. The highest BCUT2D eigenvalue weighted by molar-refractivity contribution is 7.99. The summed E-state index contributed by atoms with van der Waals surface area (Å²) in [5, 5.41) is 0.626. The minimum atomic E-state index is -0.0921. The number of fused-ring (bicyclic) bond motifs is 1. The largest absolute Gasteiger partial charge is 0.306 e. The first kappa shape index (κ1) is 15.4. The van der Waals surface area contributed by atoms with Crippen LogP contribution >= 0.6 is 11.8 Å². The van der Waals surface area contributed by atoms with Crippen LogP contribution in [0.1, 0.15) is 5.56 Å². The lowest BCUT2D eigenvalue weighted by Crippen LogP contribution is -2.31. The molecule has 0 spiro atoms. The maximum absolute atomic E-state index is 12.2. The van der Waals surface area contributed by atoms with Crippen molar-refractivity contribution in [2.45, 2.75) is 6.54 Å². The predicted octanol–water partition coefficient (Wildman–Crippen LogP) is 3.14. The monoisotopic (exact) mass is 337 g/mol. The summed E-state index contributed by atoms with van der Waals surface area (Å²) in [6.07, 6.45) is 0. The van der Waals surface area contributed by atoms with E-state index >= 15 is 0 Å². The molecule has 4 rings (SSSR count). The lowest BCUT2D eigenvalue weighted by atomic mass is 10.1. The first-order chi connectivity index (χ1) is 11.8. The van der Waals surface area contributed by atoms with Crippen molar-refractivity contribution in [3.8, 4) is 11.4 Å². The van der Waals surface area contributed by atoms with Gasteiger partial charge in [0.1, 0.15) is 5.82 Å². The van der Waals surface area contributed by atoms with Crippen molar-refractivity contribution in [1.29, 1.82) is 0 Å². The van der Waals surface area contributed by atoms with Crippen molar-refractivity contribution in [2.75, 3.05) is 24.6 Å². The van der Waals surface area contributed by atoms with E-state index in [-0.39, 0.29) is 5.56 Å². The van der Waals surface area contributed by atoms with E-state index in [4.69, 9.17) is 0 Å². The van der Waals surface area contributed by atoms with Gasteiger partial charge in [-0.25, -0.2) is 4.98 Å². The molecule has 1 aliphatic heterocycles. The van der Waals surface area contributed by atoms with E-state index in [1.54, 1.807) is 6.07 Å². The van der Waals surface area contributed by atoms with Gasteiger partial charge in [-0.15, -0.1) is 0 Å². The maximum Gasteiger partial charge on any atom is 0.259 e. The highest BCUT2D eigenvalue weighted by atomic mass is 32.2. The summed E-state index contributed by atoms with van der Waals surface area (Å²) in [5.74, 6) is 3.07. The van der Waals surface area contributed by atoms with E-state index in [1.807, 2.05) is 42.1 Å². The molecule has 4 nitrogen and oxygen atoms in total. The molecule has 0 saturated carbocycles. The van der Waals surface area contributed by atoms with Gasteiger partial charge in [-0.3, -0.25) is 9.69 Å².